The molecule has 4 rings (SSSR count). The van der Waals surface area contributed by atoms with Crippen LogP contribution in [0.15, 0.2) is 72.6 Å². The molecule has 130 valence electrons. The summed E-state index contributed by atoms with van der Waals surface area (Å²) in [4.78, 5) is 12.3. The van der Waals surface area contributed by atoms with E-state index in [0.29, 0.717) is 18.7 Å². The SMILES string of the molecule is O=C(NCCc1cnn(-c2ccccc2)c1)C1=Cc2ccccc2OC1. The van der Waals surface area contributed by atoms with Gasteiger partial charge in [0.1, 0.15) is 12.4 Å². The van der Waals surface area contributed by atoms with Gasteiger partial charge in [0, 0.05) is 18.3 Å². The second-order valence-corrected chi connectivity index (χ2v) is 6.13. The molecule has 2 aromatic carbocycles. The van der Waals surface area contributed by atoms with Gasteiger partial charge in [0.25, 0.3) is 5.91 Å². The van der Waals surface area contributed by atoms with Crippen LogP contribution in [0.2, 0.25) is 0 Å². The van der Waals surface area contributed by atoms with Gasteiger partial charge in [-0.05, 0) is 36.3 Å². The molecule has 0 bridgehead atoms. The number of aromatic nitrogens is 2. The van der Waals surface area contributed by atoms with E-state index in [1.165, 1.54) is 0 Å². The molecule has 5 nitrogen and oxygen atoms in total. The monoisotopic (exact) mass is 345 g/mol. The molecule has 0 radical (unpaired) electrons. The van der Waals surface area contributed by atoms with E-state index in [2.05, 4.69) is 10.4 Å². The molecule has 26 heavy (non-hydrogen) atoms. The molecule has 1 aliphatic rings. The average molecular weight is 345 g/mol. The Labute approximate surface area is 151 Å². The minimum Gasteiger partial charge on any atom is -0.488 e. The van der Waals surface area contributed by atoms with Crippen LogP contribution >= 0.6 is 0 Å². The van der Waals surface area contributed by atoms with Crippen LogP contribution in [0.25, 0.3) is 11.8 Å². The molecular weight excluding hydrogens is 326 g/mol. The Morgan fingerprint density at radius 3 is 2.81 bits per heavy atom. The van der Waals surface area contributed by atoms with Gasteiger partial charge in [-0.1, -0.05) is 36.4 Å². The third-order valence-electron chi connectivity index (χ3n) is 4.28. The van der Waals surface area contributed by atoms with E-state index >= 15 is 0 Å². The third kappa shape index (κ3) is 3.52. The zero-order chi connectivity index (χ0) is 17.8. The summed E-state index contributed by atoms with van der Waals surface area (Å²) in [6, 6.07) is 17.7. The fourth-order valence-corrected chi connectivity index (χ4v) is 2.89. The number of amides is 1. The first-order valence-corrected chi connectivity index (χ1v) is 8.59. The zero-order valence-corrected chi connectivity index (χ0v) is 14.3. The molecule has 1 amide bonds. The summed E-state index contributed by atoms with van der Waals surface area (Å²) in [7, 11) is 0. The number of nitrogens with one attached hydrogen (secondary N) is 1. The van der Waals surface area contributed by atoms with Gasteiger partial charge < -0.3 is 10.1 Å². The highest BCUT2D eigenvalue weighted by Gasteiger charge is 2.16. The highest BCUT2D eigenvalue weighted by Crippen LogP contribution is 2.25. The van der Waals surface area contributed by atoms with E-state index in [1.807, 2.05) is 77.7 Å². The van der Waals surface area contributed by atoms with Crippen molar-refractivity contribution in [1.82, 2.24) is 15.1 Å². The van der Waals surface area contributed by atoms with Crippen LogP contribution in [-0.4, -0.2) is 28.8 Å². The van der Waals surface area contributed by atoms with Crippen LogP contribution in [0.3, 0.4) is 0 Å². The minimum atomic E-state index is -0.0880. The first kappa shape index (κ1) is 16.1. The Morgan fingerprint density at radius 2 is 1.92 bits per heavy atom. The van der Waals surface area contributed by atoms with Crippen molar-refractivity contribution < 1.29 is 9.53 Å². The van der Waals surface area contributed by atoms with Crippen molar-refractivity contribution in [2.24, 2.45) is 0 Å². The quantitative estimate of drug-likeness (QED) is 0.773. The molecule has 1 aromatic heterocycles. The zero-order valence-electron chi connectivity index (χ0n) is 14.3. The second-order valence-electron chi connectivity index (χ2n) is 6.13. The number of carbonyl (C=O) groups is 1. The van der Waals surface area contributed by atoms with E-state index in [-0.39, 0.29) is 5.91 Å². The maximum Gasteiger partial charge on any atom is 0.250 e. The molecule has 0 saturated carbocycles. The van der Waals surface area contributed by atoms with Gasteiger partial charge in [0.2, 0.25) is 0 Å². The number of benzene rings is 2. The number of ether oxygens (including phenoxy) is 1. The molecule has 1 aliphatic heterocycles. The molecule has 0 atom stereocenters. The maximum atomic E-state index is 12.3. The predicted molar refractivity (Wildman–Crippen MR) is 100 cm³/mol. The van der Waals surface area contributed by atoms with Gasteiger partial charge in [0.15, 0.2) is 0 Å². The van der Waals surface area contributed by atoms with E-state index in [9.17, 15) is 4.79 Å². The van der Waals surface area contributed by atoms with E-state index < -0.39 is 0 Å². The Kier molecular flexibility index (Phi) is 4.51. The van der Waals surface area contributed by atoms with Crippen molar-refractivity contribution in [3.05, 3.63) is 83.7 Å². The van der Waals surface area contributed by atoms with E-state index in [0.717, 1.165) is 29.0 Å². The Morgan fingerprint density at radius 1 is 1.12 bits per heavy atom. The summed E-state index contributed by atoms with van der Waals surface area (Å²) in [6.45, 7) is 0.854. The Hall–Kier alpha value is -3.34. The number of rotatable bonds is 5. The highest BCUT2D eigenvalue weighted by atomic mass is 16.5. The Balaban J connectivity index is 1.33. The number of hydrogen-bond donors (Lipinski definition) is 1. The van der Waals surface area contributed by atoms with Crippen molar-refractivity contribution in [3.8, 4) is 11.4 Å². The third-order valence-corrected chi connectivity index (χ3v) is 4.28. The lowest BCUT2D eigenvalue weighted by atomic mass is 10.1. The number of nitrogens with zero attached hydrogens (tertiary/aromatic N) is 2. The van der Waals surface area contributed by atoms with Crippen molar-refractivity contribution in [2.75, 3.05) is 13.2 Å². The number of hydrogen-bond acceptors (Lipinski definition) is 3. The topological polar surface area (TPSA) is 56.2 Å². The summed E-state index contributed by atoms with van der Waals surface area (Å²) in [6.07, 6.45) is 6.43. The highest BCUT2D eigenvalue weighted by molar-refractivity contribution is 5.99. The molecule has 0 saturated heterocycles. The lowest BCUT2D eigenvalue weighted by Gasteiger charge is -2.17. The van der Waals surface area contributed by atoms with Crippen molar-refractivity contribution in [2.45, 2.75) is 6.42 Å². The van der Waals surface area contributed by atoms with Crippen LogP contribution in [0, 0.1) is 0 Å². The van der Waals surface area contributed by atoms with Crippen LogP contribution < -0.4 is 10.1 Å². The lowest BCUT2D eigenvalue weighted by Crippen LogP contribution is -2.30. The van der Waals surface area contributed by atoms with Crippen molar-refractivity contribution in [1.29, 1.82) is 0 Å². The fourth-order valence-electron chi connectivity index (χ4n) is 2.89. The summed E-state index contributed by atoms with van der Waals surface area (Å²) in [5.74, 6) is 0.729. The van der Waals surface area contributed by atoms with Gasteiger partial charge in [-0.15, -0.1) is 0 Å². The molecule has 0 unspecified atom stereocenters. The fraction of sp³-hybridized carbons (Fsp3) is 0.143. The number of para-hydroxylation sites is 2. The number of fused-ring (bicyclic) bond motifs is 1. The largest absolute Gasteiger partial charge is 0.488 e. The maximum absolute atomic E-state index is 12.3. The van der Waals surface area contributed by atoms with Gasteiger partial charge >= 0.3 is 0 Å². The molecule has 3 aromatic rings. The van der Waals surface area contributed by atoms with Gasteiger partial charge in [-0.25, -0.2) is 4.68 Å². The second kappa shape index (κ2) is 7.27. The van der Waals surface area contributed by atoms with Crippen LogP contribution in [0.1, 0.15) is 11.1 Å². The molecule has 0 fully saturated rings. The molecule has 0 spiro atoms. The molecular formula is C21H19N3O2. The first-order chi connectivity index (χ1) is 12.8. The normalized spacial score (nSPS) is 12.7. The summed E-state index contributed by atoms with van der Waals surface area (Å²) in [5, 5.41) is 7.33. The smallest absolute Gasteiger partial charge is 0.250 e. The Bertz CT molecular complexity index is 945. The van der Waals surface area contributed by atoms with Gasteiger partial charge in [-0.3, -0.25) is 4.79 Å². The standard InChI is InChI=1S/C21H19N3O2/c25-21(18-12-17-6-4-5-9-20(17)26-15-18)22-11-10-16-13-23-24(14-16)19-7-2-1-3-8-19/h1-9,12-14H,10-11,15H2,(H,22,25). The lowest BCUT2D eigenvalue weighted by molar-refractivity contribution is -0.117. The van der Waals surface area contributed by atoms with Crippen LogP contribution in [-0.2, 0) is 11.2 Å². The van der Waals surface area contributed by atoms with Gasteiger partial charge in [-0.2, -0.15) is 5.10 Å². The summed E-state index contributed by atoms with van der Waals surface area (Å²) < 4.78 is 7.47. The number of carbonyl (C=O) groups excluding carboxylic acids is 1. The van der Waals surface area contributed by atoms with Gasteiger partial charge in [0.05, 0.1) is 17.5 Å². The van der Waals surface area contributed by atoms with Crippen LogP contribution in [0.4, 0.5) is 0 Å². The molecule has 2 heterocycles. The molecule has 1 N–H and O–H groups in total. The molecule has 0 aliphatic carbocycles. The van der Waals surface area contributed by atoms with Crippen molar-refractivity contribution in [3.63, 3.8) is 0 Å². The average Bonchev–Trinajstić information content (AvgIpc) is 3.17. The van der Waals surface area contributed by atoms with Crippen LogP contribution in [0.5, 0.6) is 5.75 Å². The van der Waals surface area contributed by atoms with Crippen molar-refractivity contribution >= 4 is 12.0 Å². The predicted octanol–water partition coefficient (Wildman–Crippen LogP) is 3.01. The van der Waals surface area contributed by atoms with E-state index in [4.69, 9.17) is 4.74 Å². The first-order valence-electron chi connectivity index (χ1n) is 8.59. The summed E-state index contributed by atoms with van der Waals surface area (Å²) >= 11 is 0. The van der Waals surface area contributed by atoms with E-state index in [1.54, 1.807) is 0 Å². The minimum absolute atomic E-state index is 0.0880. The summed E-state index contributed by atoms with van der Waals surface area (Å²) in [5.41, 5.74) is 3.68. The molecule has 5 heteroatoms.